The summed E-state index contributed by atoms with van der Waals surface area (Å²) in [5.74, 6) is 0.936. The Labute approximate surface area is 132 Å². The third-order valence-electron chi connectivity index (χ3n) is 4.38. The molecule has 2 aromatic rings. The van der Waals surface area contributed by atoms with Gasteiger partial charge in [-0.25, -0.2) is 9.97 Å². The molecule has 1 aromatic carbocycles. The first-order chi connectivity index (χ1) is 10.8. The maximum Gasteiger partial charge on any atom is 0.128 e. The quantitative estimate of drug-likeness (QED) is 0.868. The van der Waals surface area contributed by atoms with Crippen LogP contribution in [0.3, 0.4) is 0 Å². The van der Waals surface area contributed by atoms with Gasteiger partial charge >= 0.3 is 0 Å². The van der Waals surface area contributed by atoms with Crippen LogP contribution in [-0.4, -0.2) is 46.4 Å². The summed E-state index contributed by atoms with van der Waals surface area (Å²) in [6.07, 6.45) is 2.77. The fourth-order valence-electron chi connectivity index (χ4n) is 3.04. The van der Waals surface area contributed by atoms with Crippen LogP contribution in [0.2, 0.25) is 0 Å². The normalized spacial score (nSPS) is 20.2. The number of nitrogens with zero attached hydrogens (tertiary/aromatic N) is 4. The van der Waals surface area contributed by atoms with Crippen molar-refractivity contribution < 1.29 is 0 Å². The van der Waals surface area contributed by atoms with Gasteiger partial charge in [0.15, 0.2) is 0 Å². The molecule has 0 N–H and O–H groups in total. The van der Waals surface area contributed by atoms with Crippen LogP contribution in [0.1, 0.15) is 30.0 Å². The van der Waals surface area contributed by atoms with Crippen molar-refractivity contribution in [3.63, 3.8) is 0 Å². The largest absolute Gasteiger partial charge is 0.297 e. The lowest BCUT2D eigenvalue weighted by Crippen LogP contribution is -2.46. The van der Waals surface area contributed by atoms with Gasteiger partial charge in [-0.15, -0.1) is 0 Å². The van der Waals surface area contributed by atoms with E-state index in [0.29, 0.717) is 6.04 Å². The Morgan fingerprint density at radius 2 is 1.95 bits per heavy atom. The molecule has 1 fully saturated rings. The monoisotopic (exact) mass is 296 g/mol. The second-order valence-electron chi connectivity index (χ2n) is 5.96. The molecule has 0 unspecified atom stereocenters. The van der Waals surface area contributed by atoms with E-state index in [1.807, 2.05) is 12.3 Å². The van der Waals surface area contributed by atoms with Gasteiger partial charge in [0.2, 0.25) is 0 Å². The molecule has 3 rings (SSSR count). The SMILES string of the molecule is CCc1nccc(CN2CCN(C)[C@@H](c3ccccc3)C2)n1. The lowest BCUT2D eigenvalue weighted by molar-refractivity contribution is 0.0895. The number of hydrogen-bond donors (Lipinski definition) is 0. The van der Waals surface area contributed by atoms with Crippen molar-refractivity contribution >= 4 is 0 Å². The highest BCUT2D eigenvalue weighted by molar-refractivity contribution is 5.20. The van der Waals surface area contributed by atoms with Crippen LogP contribution in [-0.2, 0) is 13.0 Å². The van der Waals surface area contributed by atoms with Crippen LogP contribution < -0.4 is 0 Å². The van der Waals surface area contributed by atoms with Crippen LogP contribution in [0.25, 0.3) is 0 Å². The molecule has 1 aromatic heterocycles. The minimum atomic E-state index is 0.461. The predicted octanol–water partition coefficient (Wildman–Crippen LogP) is 2.53. The Hall–Kier alpha value is -1.78. The average Bonchev–Trinajstić information content (AvgIpc) is 2.57. The molecule has 0 aliphatic carbocycles. The summed E-state index contributed by atoms with van der Waals surface area (Å²) in [6, 6.07) is 13.3. The first-order valence-corrected chi connectivity index (χ1v) is 8.04. The standard InChI is InChI=1S/C18H24N4/c1-3-18-19-10-9-16(20-18)13-22-12-11-21(2)17(14-22)15-7-5-4-6-8-15/h4-10,17H,3,11-14H2,1-2H3/t17-/m1/s1. The third-order valence-corrected chi connectivity index (χ3v) is 4.38. The van der Waals surface area contributed by atoms with Crippen LogP contribution in [0.4, 0.5) is 0 Å². The maximum atomic E-state index is 4.64. The second kappa shape index (κ2) is 6.99. The van der Waals surface area contributed by atoms with Gasteiger partial charge in [-0.1, -0.05) is 37.3 Å². The van der Waals surface area contributed by atoms with Gasteiger partial charge in [-0.3, -0.25) is 9.80 Å². The van der Waals surface area contributed by atoms with Gasteiger partial charge in [0.1, 0.15) is 5.82 Å². The van der Waals surface area contributed by atoms with Crippen molar-refractivity contribution in [1.29, 1.82) is 0 Å². The number of likely N-dealkylation sites (N-methyl/N-ethyl adjacent to an activating group) is 1. The summed E-state index contributed by atoms with van der Waals surface area (Å²) < 4.78 is 0. The van der Waals surface area contributed by atoms with E-state index in [2.05, 4.69) is 64.1 Å². The Balaban J connectivity index is 1.70. The van der Waals surface area contributed by atoms with E-state index >= 15 is 0 Å². The highest BCUT2D eigenvalue weighted by atomic mass is 15.3. The summed E-state index contributed by atoms with van der Waals surface area (Å²) in [5.41, 5.74) is 2.52. The van der Waals surface area contributed by atoms with E-state index in [9.17, 15) is 0 Å². The Morgan fingerprint density at radius 1 is 1.14 bits per heavy atom. The molecule has 0 amide bonds. The van der Waals surface area contributed by atoms with Crippen LogP contribution in [0.5, 0.6) is 0 Å². The van der Waals surface area contributed by atoms with Gasteiger partial charge in [-0.2, -0.15) is 0 Å². The molecule has 2 heterocycles. The molecule has 1 atom stereocenters. The predicted molar refractivity (Wildman–Crippen MR) is 88.5 cm³/mol. The van der Waals surface area contributed by atoms with E-state index < -0.39 is 0 Å². The Kier molecular flexibility index (Phi) is 4.80. The summed E-state index contributed by atoms with van der Waals surface area (Å²) in [7, 11) is 2.22. The maximum absolute atomic E-state index is 4.64. The molecule has 0 bridgehead atoms. The lowest BCUT2D eigenvalue weighted by Gasteiger charge is -2.39. The molecule has 4 heteroatoms. The van der Waals surface area contributed by atoms with Crippen molar-refractivity contribution in [3.8, 4) is 0 Å². The minimum Gasteiger partial charge on any atom is -0.297 e. The Morgan fingerprint density at radius 3 is 2.73 bits per heavy atom. The van der Waals surface area contributed by atoms with Gasteiger partial charge in [0, 0.05) is 44.8 Å². The summed E-state index contributed by atoms with van der Waals surface area (Å²) >= 11 is 0. The number of aromatic nitrogens is 2. The molecule has 22 heavy (non-hydrogen) atoms. The molecule has 0 radical (unpaired) electrons. The third kappa shape index (κ3) is 3.51. The van der Waals surface area contributed by atoms with Crippen LogP contribution in [0.15, 0.2) is 42.6 Å². The molecule has 1 saturated heterocycles. The fraction of sp³-hybridized carbons (Fsp3) is 0.444. The zero-order valence-electron chi connectivity index (χ0n) is 13.4. The molecule has 0 saturated carbocycles. The summed E-state index contributed by atoms with van der Waals surface area (Å²) in [4.78, 5) is 13.9. The topological polar surface area (TPSA) is 32.3 Å². The molecular formula is C18H24N4. The van der Waals surface area contributed by atoms with Crippen molar-refractivity contribution in [1.82, 2.24) is 19.8 Å². The van der Waals surface area contributed by atoms with E-state index in [1.165, 1.54) is 5.56 Å². The van der Waals surface area contributed by atoms with Gasteiger partial charge in [0.25, 0.3) is 0 Å². The lowest BCUT2D eigenvalue weighted by atomic mass is 10.0. The number of piperazine rings is 1. The van der Waals surface area contributed by atoms with Gasteiger partial charge in [0.05, 0.1) is 5.69 Å². The first-order valence-electron chi connectivity index (χ1n) is 8.04. The van der Waals surface area contributed by atoms with E-state index in [4.69, 9.17) is 0 Å². The number of hydrogen-bond acceptors (Lipinski definition) is 4. The second-order valence-corrected chi connectivity index (χ2v) is 5.96. The average molecular weight is 296 g/mol. The van der Waals surface area contributed by atoms with E-state index in [-0.39, 0.29) is 0 Å². The smallest absolute Gasteiger partial charge is 0.128 e. The Bertz CT molecular complexity index is 599. The number of rotatable bonds is 4. The van der Waals surface area contributed by atoms with Crippen LogP contribution >= 0.6 is 0 Å². The summed E-state index contributed by atoms with van der Waals surface area (Å²) in [6.45, 7) is 6.23. The minimum absolute atomic E-state index is 0.461. The number of benzene rings is 1. The van der Waals surface area contributed by atoms with Crippen molar-refractivity contribution in [2.75, 3.05) is 26.7 Å². The molecule has 116 valence electrons. The first kappa shape index (κ1) is 15.1. The number of aryl methyl sites for hydroxylation is 1. The van der Waals surface area contributed by atoms with E-state index in [0.717, 1.165) is 44.1 Å². The fourth-order valence-corrected chi connectivity index (χ4v) is 3.04. The van der Waals surface area contributed by atoms with Crippen molar-refractivity contribution in [2.24, 2.45) is 0 Å². The van der Waals surface area contributed by atoms with Crippen LogP contribution in [0, 0.1) is 0 Å². The molecular weight excluding hydrogens is 272 g/mol. The van der Waals surface area contributed by atoms with Gasteiger partial charge < -0.3 is 0 Å². The summed E-state index contributed by atoms with van der Waals surface area (Å²) in [5, 5.41) is 0. The highest BCUT2D eigenvalue weighted by Gasteiger charge is 2.25. The molecule has 0 spiro atoms. The van der Waals surface area contributed by atoms with Crippen molar-refractivity contribution in [3.05, 3.63) is 59.7 Å². The van der Waals surface area contributed by atoms with E-state index in [1.54, 1.807) is 0 Å². The van der Waals surface area contributed by atoms with Gasteiger partial charge in [-0.05, 0) is 18.7 Å². The highest BCUT2D eigenvalue weighted by Crippen LogP contribution is 2.24. The van der Waals surface area contributed by atoms with Crippen molar-refractivity contribution in [2.45, 2.75) is 25.9 Å². The molecule has 4 nitrogen and oxygen atoms in total. The molecule has 1 aliphatic heterocycles. The zero-order valence-corrected chi connectivity index (χ0v) is 13.4. The molecule has 1 aliphatic rings. The zero-order chi connectivity index (χ0) is 15.4.